The van der Waals surface area contributed by atoms with E-state index in [4.69, 9.17) is 4.74 Å². The minimum atomic E-state index is 0.0822. The zero-order valence-electron chi connectivity index (χ0n) is 9.29. The van der Waals surface area contributed by atoms with Crippen molar-refractivity contribution in [2.75, 3.05) is 6.61 Å². The highest BCUT2D eigenvalue weighted by molar-refractivity contribution is 5.73. The van der Waals surface area contributed by atoms with Crippen molar-refractivity contribution in [1.29, 1.82) is 0 Å². The molecule has 0 spiro atoms. The van der Waals surface area contributed by atoms with E-state index in [-0.39, 0.29) is 11.4 Å². The quantitative estimate of drug-likeness (QED) is 0.710. The van der Waals surface area contributed by atoms with Gasteiger partial charge < -0.3 is 10.1 Å². The molecular formula is C12H19NO2. The Labute approximate surface area is 90.6 Å². The summed E-state index contributed by atoms with van der Waals surface area (Å²) in [5, 5.41) is 3.21. The number of hydrogen-bond acceptors (Lipinski definition) is 2. The standard InChI is InChI=1S/C12H19NO2/c1-8(14)13-12-4-9-2-10(5-12)7-15-11(3-9)6-12/h9-11H,2-7H2,1H3,(H,13,14). The Bertz CT molecular complexity index is 273. The Kier molecular flexibility index (Phi) is 2.06. The summed E-state index contributed by atoms with van der Waals surface area (Å²) < 4.78 is 5.88. The Morgan fingerprint density at radius 1 is 1.27 bits per heavy atom. The normalized spacial score (nSPS) is 47.7. The smallest absolute Gasteiger partial charge is 0.217 e. The Morgan fingerprint density at radius 2 is 2.07 bits per heavy atom. The molecule has 4 aliphatic rings. The molecule has 4 fully saturated rings. The van der Waals surface area contributed by atoms with Gasteiger partial charge >= 0.3 is 0 Å². The number of amides is 1. The number of ether oxygens (including phenoxy) is 1. The first-order valence-corrected chi connectivity index (χ1v) is 6.06. The van der Waals surface area contributed by atoms with Gasteiger partial charge in [0.1, 0.15) is 0 Å². The number of carbonyl (C=O) groups is 1. The van der Waals surface area contributed by atoms with Gasteiger partial charge in [0.05, 0.1) is 6.10 Å². The minimum Gasteiger partial charge on any atom is -0.378 e. The first kappa shape index (κ1) is 9.64. The third kappa shape index (κ3) is 1.67. The molecule has 4 atom stereocenters. The summed E-state index contributed by atoms with van der Waals surface area (Å²) in [4.78, 5) is 11.3. The molecule has 84 valence electrons. The second-order valence-corrected chi connectivity index (χ2v) is 5.73. The van der Waals surface area contributed by atoms with E-state index in [1.54, 1.807) is 6.92 Å². The third-order valence-corrected chi connectivity index (χ3v) is 4.25. The van der Waals surface area contributed by atoms with Gasteiger partial charge in [-0.15, -0.1) is 0 Å². The van der Waals surface area contributed by atoms with Crippen LogP contribution >= 0.6 is 0 Å². The number of rotatable bonds is 1. The van der Waals surface area contributed by atoms with Gasteiger partial charge in [0.15, 0.2) is 0 Å². The average Bonchev–Trinajstić information content (AvgIpc) is 2.29. The average molecular weight is 209 g/mol. The van der Waals surface area contributed by atoms with Crippen molar-refractivity contribution in [3.8, 4) is 0 Å². The molecule has 3 heteroatoms. The van der Waals surface area contributed by atoms with Gasteiger partial charge in [0, 0.05) is 19.1 Å². The molecule has 0 aromatic heterocycles. The minimum absolute atomic E-state index is 0.0822. The van der Waals surface area contributed by atoms with Crippen LogP contribution in [0.4, 0.5) is 0 Å². The van der Waals surface area contributed by atoms with Crippen molar-refractivity contribution in [3.63, 3.8) is 0 Å². The maximum atomic E-state index is 11.3. The number of hydrogen-bond donors (Lipinski definition) is 1. The van der Waals surface area contributed by atoms with Crippen molar-refractivity contribution in [3.05, 3.63) is 0 Å². The monoisotopic (exact) mass is 209 g/mol. The zero-order valence-corrected chi connectivity index (χ0v) is 9.29. The topological polar surface area (TPSA) is 38.3 Å². The molecule has 2 aliphatic carbocycles. The van der Waals surface area contributed by atoms with E-state index in [1.807, 2.05) is 0 Å². The lowest BCUT2D eigenvalue weighted by atomic mass is 9.64. The fourth-order valence-corrected chi connectivity index (χ4v) is 4.12. The van der Waals surface area contributed by atoms with E-state index >= 15 is 0 Å². The first-order valence-electron chi connectivity index (χ1n) is 6.06. The van der Waals surface area contributed by atoms with E-state index < -0.39 is 0 Å². The molecule has 2 heterocycles. The predicted molar refractivity (Wildman–Crippen MR) is 56.4 cm³/mol. The fraction of sp³-hybridized carbons (Fsp3) is 0.917. The van der Waals surface area contributed by atoms with Gasteiger partial charge in [0.2, 0.25) is 5.91 Å². The highest BCUT2D eigenvalue weighted by Crippen LogP contribution is 2.48. The van der Waals surface area contributed by atoms with E-state index in [1.165, 1.54) is 19.3 Å². The summed E-state index contributed by atoms with van der Waals surface area (Å²) in [7, 11) is 0. The van der Waals surface area contributed by atoms with E-state index in [2.05, 4.69) is 5.32 Å². The lowest BCUT2D eigenvalue weighted by molar-refractivity contribution is -0.122. The molecule has 2 saturated heterocycles. The highest BCUT2D eigenvalue weighted by atomic mass is 16.5. The van der Waals surface area contributed by atoms with Gasteiger partial charge in [-0.25, -0.2) is 0 Å². The zero-order chi connectivity index (χ0) is 10.5. The summed E-state index contributed by atoms with van der Waals surface area (Å²) in [5.41, 5.74) is 0.0822. The maximum Gasteiger partial charge on any atom is 0.217 e. The van der Waals surface area contributed by atoms with Crippen LogP contribution in [-0.4, -0.2) is 24.2 Å². The van der Waals surface area contributed by atoms with Crippen molar-refractivity contribution in [2.24, 2.45) is 11.8 Å². The first-order chi connectivity index (χ1) is 7.15. The summed E-state index contributed by atoms with van der Waals surface area (Å²) in [6.07, 6.45) is 6.31. The molecule has 2 saturated carbocycles. The van der Waals surface area contributed by atoms with Crippen LogP contribution in [0.15, 0.2) is 0 Å². The van der Waals surface area contributed by atoms with Gasteiger partial charge in [-0.2, -0.15) is 0 Å². The number of carbonyl (C=O) groups excluding carboxylic acids is 1. The van der Waals surface area contributed by atoms with Crippen molar-refractivity contribution < 1.29 is 9.53 Å². The Balaban J connectivity index is 1.87. The second-order valence-electron chi connectivity index (χ2n) is 5.73. The van der Waals surface area contributed by atoms with Crippen LogP contribution in [0.5, 0.6) is 0 Å². The molecule has 0 aromatic rings. The molecule has 2 aliphatic heterocycles. The van der Waals surface area contributed by atoms with Crippen LogP contribution in [0, 0.1) is 11.8 Å². The van der Waals surface area contributed by atoms with Crippen LogP contribution in [0.2, 0.25) is 0 Å². The maximum absolute atomic E-state index is 11.3. The van der Waals surface area contributed by atoms with E-state index in [9.17, 15) is 4.79 Å². The van der Waals surface area contributed by atoms with Crippen LogP contribution in [-0.2, 0) is 9.53 Å². The number of nitrogens with one attached hydrogen (secondary N) is 1. The Hall–Kier alpha value is -0.570. The fourth-order valence-electron chi connectivity index (χ4n) is 4.12. The molecule has 0 radical (unpaired) electrons. The molecule has 4 rings (SSSR count). The van der Waals surface area contributed by atoms with E-state index in [0.717, 1.165) is 25.4 Å². The highest BCUT2D eigenvalue weighted by Gasteiger charge is 2.49. The summed E-state index contributed by atoms with van der Waals surface area (Å²) in [5.74, 6) is 1.59. The third-order valence-electron chi connectivity index (χ3n) is 4.25. The van der Waals surface area contributed by atoms with Gasteiger partial charge in [-0.3, -0.25) is 4.79 Å². The van der Waals surface area contributed by atoms with Crippen LogP contribution in [0.1, 0.15) is 39.0 Å². The lowest BCUT2D eigenvalue weighted by Crippen LogP contribution is -2.56. The largest absolute Gasteiger partial charge is 0.378 e. The summed E-state index contributed by atoms with van der Waals surface area (Å²) >= 11 is 0. The van der Waals surface area contributed by atoms with Crippen molar-refractivity contribution in [2.45, 2.75) is 50.7 Å². The predicted octanol–water partition coefficient (Wildman–Crippen LogP) is 1.47. The Morgan fingerprint density at radius 3 is 2.87 bits per heavy atom. The molecule has 15 heavy (non-hydrogen) atoms. The molecule has 0 aromatic carbocycles. The van der Waals surface area contributed by atoms with E-state index in [0.29, 0.717) is 12.0 Å². The van der Waals surface area contributed by atoms with Crippen LogP contribution in [0.25, 0.3) is 0 Å². The molecule has 1 amide bonds. The van der Waals surface area contributed by atoms with Crippen molar-refractivity contribution in [1.82, 2.24) is 5.32 Å². The molecule has 3 nitrogen and oxygen atoms in total. The summed E-state index contributed by atoms with van der Waals surface area (Å²) in [6.45, 7) is 2.55. The molecule has 4 bridgehead atoms. The van der Waals surface area contributed by atoms with Crippen molar-refractivity contribution >= 4 is 5.91 Å². The SMILES string of the molecule is CC(=O)NC12CC3COC(CC(C3)C1)C2. The lowest BCUT2D eigenvalue weighted by Gasteiger charge is -2.47. The van der Waals surface area contributed by atoms with Gasteiger partial charge in [-0.1, -0.05) is 0 Å². The summed E-state index contributed by atoms with van der Waals surface area (Å²) in [6, 6.07) is 0. The van der Waals surface area contributed by atoms with Crippen LogP contribution < -0.4 is 5.32 Å². The molecular weight excluding hydrogens is 190 g/mol. The van der Waals surface area contributed by atoms with Gasteiger partial charge in [0.25, 0.3) is 0 Å². The van der Waals surface area contributed by atoms with Crippen LogP contribution in [0.3, 0.4) is 0 Å². The van der Waals surface area contributed by atoms with Gasteiger partial charge in [-0.05, 0) is 43.9 Å². The molecule has 4 unspecified atom stereocenters. The second kappa shape index (κ2) is 3.21. The molecule has 1 N–H and O–H groups in total. The number of fused-ring (bicyclic) bond motifs is 1.